The van der Waals surface area contributed by atoms with E-state index >= 15 is 0 Å². The van der Waals surface area contributed by atoms with Crippen molar-refractivity contribution in [2.75, 3.05) is 24.1 Å². The highest BCUT2D eigenvalue weighted by Crippen LogP contribution is 2.20. The highest BCUT2D eigenvalue weighted by molar-refractivity contribution is 7.92. The number of tetrazole rings is 1. The van der Waals surface area contributed by atoms with Gasteiger partial charge in [-0.05, 0) is 60.3 Å². The molecule has 0 saturated carbocycles. The van der Waals surface area contributed by atoms with Crippen molar-refractivity contribution in [2.45, 2.75) is 39.4 Å². The second kappa shape index (κ2) is 11.0. The van der Waals surface area contributed by atoms with Gasteiger partial charge in [0.1, 0.15) is 6.54 Å². The molecule has 0 radical (unpaired) electrons. The number of carbonyl (C=O) groups excluding carboxylic acids is 1. The smallest absolute Gasteiger partial charge is 0.243 e. The molecular formula is C24H31N7O3S. The third-order valence-electron chi connectivity index (χ3n) is 5.98. The van der Waals surface area contributed by atoms with E-state index in [1.807, 2.05) is 12.1 Å². The summed E-state index contributed by atoms with van der Waals surface area (Å²) in [5, 5.41) is 15.2. The van der Waals surface area contributed by atoms with Crippen LogP contribution in [0.25, 0.3) is 11.4 Å². The molecule has 11 heteroatoms. The number of aromatic nitrogens is 4. The van der Waals surface area contributed by atoms with E-state index in [0.717, 1.165) is 42.9 Å². The van der Waals surface area contributed by atoms with Gasteiger partial charge in [0, 0.05) is 24.3 Å². The molecule has 1 aromatic heterocycles. The number of benzene rings is 2. The van der Waals surface area contributed by atoms with Gasteiger partial charge >= 0.3 is 0 Å². The number of rotatable bonds is 9. The van der Waals surface area contributed by atoms with Gasteiger partial charge in [0.05, 0.1) is 6.26 Å². The van der Waals surface area contributed by atoms with Gasteiger partial charge in [0.25, 0.3) is 0 Å². The number of amides is 1. The molecule has 1 fully saturated rings. The van der Waals surface area contributed by atoms with Gasteiger partial charge in [-0.15, -0.1) is 10.2 Å². The van der Waals surface area contributed by atoms with Crippen LogP contribution in [0.1, 0.15) is 30.9 Å². The molecule has 1 saturated heterocycles. The molecule has 35 heavy (non-hydrogen) atoms. The number of anilines is 1. The zero-order valence-electron chi connectivity index (χ0n) is 20.0. The summed E-state index contributed by atoms with van der Waals surface area (Å²) >= 11 is 0. The second-order valence-corrected chi connectivity index (χ2v) is 10.9. The number of nitrogens with one attached hydrogen (secondary N) is 2. The van der Waals surface area contributed by atoms with Gasteiger partial charge in [-0.1, -0.05) is 43.3 Å². The Morgan fingerprint density at radius 3 is 2.34 bits per heavy atom. The number of carbonyl (C=O) groups is 1. The Morgan fingerprint density at radius 1 is 1.03 bits per heavy atom. The molecule has 2 N–H and O–H groups in total. The lowest BCUT2D eigenvalue weighted by atomic mass is 9.99. The first-order valence-electron chi connectivity index (χ1n) is 11.7. The van der Waals surface area contributed by atoms with Gasteiger partial charge in [-0.3, -0.25) is 14.4 Å². The summed E-state index contributed by atoms with van der Waals surface area (Å²) in [5.74, 6) is 1.05. The summed E-state index contributed by atoms with van der Waals surface area (Å²) in [4.78, 5) is 16.1. The van der Waals surface area contributed by atoms with Crippen molar-refractivity contribution < 1.29 is 13.2 Å². The van der Waals surface area contributed by atoms with Crippen LogP contribution in [0.4, 0.5) is 5.69 Å². The van der Waals surface area contributed by atoms with E-state index in [9.17, 15) is 13.2 Å². The molecule has 0 bridgehead atoms. The SMILES string of the molecule is CC1CCN(Cc2ccc(-c3nnn(CC(=O)NCc4ccc(NS(C)(=O)=O)cc4)n3)cc2)CC1. The van der Waals surface area contributed by atoms with Crippen molar-refractivity contribution in [3.63, 3.8) is 0 Å². The third kappa shape index (κ3) is 7.59. The molecular weight excluding hydrogens is 466 g/mol. The lowest BCUT2D eigenvalue weighted by Crippen LogP contribution is -2.32. The van der Waals surface area contributed by atoms with Crippen LogP contribution < -0.4 is 10.0 Å². The normalized spacial score (nSPS) is 15.1. The van der Waals surface area contributed by atoms with Crippen LogP contribution in [-0.2, 0) is 34.5 Å². The van der Waals surface area contributed by atoms with Crippen LogP contribution in [0.3, 0.4) is 0 Å². The average molecular weight is 498 g/mol. The van der Waals surface area contributed by atoms with E-state index in [-0.39, 0.29) is 12.5 Å². The minimum absolute atomic E-state index is 0.0494. The molecule has 0 unspecified atom stereocenters. The molecule has 10 nitrogen and oxygen atoms in total. The first kappa shape index (κ1) is 24.8. The molecule has 1 amide bonds. The largest absolute Gasteiger partial charge is 0.350 e. The van der Waals surface area contributed by atoms with Crippen LogP contribution in [0.5, 0.6) is 0 Å². The molecule has 2 heterocycles. The first-order valence-corrected chi connectivity index (χ1v) is 13.6. The van der Waals surface area contributed by atoms with Crippen molar-refractivity contribution in [2.24, 2.45) is 5.92 Å². The van der Waals surface area contributed by atoms with Crippen LogP contribution in [0.2, 0.25) is 0 Å². The zero-order valence-corrected chi connectivity index (χ0v) is 20.8. The Balaban J connectivity index is 1.25. The molecule has 2 aromatic carbocycles. The van der Waals surface area contributed by atoms with Crippen molar-refractivity contribution in [3.05, 3.63) is 59.7 Å². The zero-order chi connectivity index (χ0) is 24.8. The van der Waals surface area contributed by atoms with E-state index in [1.165, 1.54) is 23.2 Å². The topological polar surface area (TPSA) is 122 Å². The van der Waals surface area contributed by atoms with Gasteiger partial charge in [-0.25, -0.2) is 8.42 Å². The maximum absolute atomic E-state index is 12.3. The fourth-order valence-corrected chi connectivity index (χ4v) is 4.52. The Labute approximate surface area is 205 Å². The fourth-order valence-electron chi connectivity index (χ4n) is 3.95. The fraction of sp³-hybridized carbons (Fsp3) is 0.417. The molecule has 3 aromatic rings. The van der Waals surface area contributed by atoms with E-state index in [1.54, 1.807) is 24.3 Å². The van der Waals surface area contributed by atoms with Crippen molar-refractivity contribution in [1.82, 2.24) is 30.4 Å². The Morgan fingerprint density at radius 2 is 1.69 bits per heavy atom. The number of likely N-dealkylation sites (tertiary alicyclic amines) is 1. The molecule has 0 atom stereocenters. The predicted molar refractivity (Wildman–Crippen MR) is 134 cm³/mol. The quantitative estimate of drug-likeness (QED) is 0.465. The molecule has 4 rings (SSSR count). The molecule has 0 aliphatic carbocycles. The van der Waals surface area contributed by atoms with Crippen molar-refractivity contribution >= 4 is 21.6 Å². The summed E-state index contributed by atoms with van der Waals surface area (Å²) in [5.41, 5.74) is 3.42. The van der Waals surface area contributed by atoms with Gasteiger partial charge in [-0.2, -0.15) is 4.80 Å². The number of sulfonamides is 1. The maximum Gasteiger partial charge on any atom is 0.243 e. The average Bonchev–Trinajstić information content (AvgIpc) is 3.28. The lowest BCUT2D eigenvalue weighted by Gasteiger charge is -2.30. The van der Waals surface area contributed by atoms with Gasteiger partial charge in [0.15, 0.2) is 0 Å². The van der Waals surface area contributed by atoms with Crippen LogP contribution >= 0.6 is 0 Å². The summed E-state index contributed by atoms with van der Waals surface area (Å²) in [6.07, 6.45) is 3.61. The van der Waals surface area contributed by atoms with E-state index in [0.29, 0.717) is 18.1 Å². The summed E-state index contributed by atoms with van der Waals surface area (Å²) in [7, 11) is -3.32. The van der Waals surface area contributed by atoms with E-state index in [4.69, 9.17) is 0 Å². The van der Waals surface area contributed by atoms with Gasteiger partial charge < -0.3 is 5.32 Å². The maximum atomic E-state index is 12.3. The summed E-state index contributed by atoms with van der Waals surface area (Å²) in [6.45, 7) is 5.81. The molecule has 186 valence electrons. The molecule has 1 aliphatic rings. The molecule has 0 spiro atoms. The minimum atomic E-state index is -3.32. The van der Waals surface area contributed by atoms with E-state index in [2.05, 4.69) is 49.4 Å². The highest BCUT2D eigenvalue weighted by atomic mass is 32.2. The van der Waals surface area contributed by atoms with Crippen molar-refractivity contribution in [3.8, 4) is 11.4 Å². The predicted octanol–water partition coefficient (Wildman–Crippen LogP) is 2.26. The van der Waals surface area contributed by atoms with Crippen LogP contribution in [-0.4, -0.2) is 58.8 Å². The van der Waals surface area contributed by atoms with Crippen LogP contribution in [0, 0.1) is 5.92 Å². The molecule has 1 aliphatic heterocycles. The Kier molecular flexibility index (Phi) is 7.76. The number of piperidine rings is 1. The van der Waals surface area contributed by atoms with Crippen molar-refractivity contribution in [1.29, 1.82) is 0 Å². The highest BCUT2D eigenvalue weighted by Gasteiger charge is 2.16. The van der Waals surface area contributed by atoms with E-state index < -0.39 is 10.0 Å². The Bertz CT molecular complexity index is 1230. The monoisotopic (exact) mass is 497 g/mol. The van der Waals surface area contributed by atoms with Gasteiger partial charge in [0.2, 0.25) is 21.8 Å². The minimum Gasteiger partial charge on any atom is -0.350 e. The number of hydrogen-bond donors (Lipinski definition) is 2. The Hall–Kier alpha value is -3.31. The van der Waals surface area contributed by atoms with Crippen LogP contribution in [0.15, 0.2) is 48.5 Å². The first-order chi connectivity index (χ1) is 16.7. The number of nitrogens with zero attached hydrogens (tertiary/aromatic N) is 5. The standard InChI is InChI=1S/C24H31N7O3S/c1-18-11-13-30(14-12-18)16-20-3-7-21(8-4-20)24-26-29-31(27-24)17-23(32)25-15-19-5-9-22(10-6-19)28-35(2,33)34/h3-10,18,28H,11-17H2,1-2H3,(H,25,32). The lowest BCUT2D eigenvalue weighted by molar-refractivity contribution is -0.122. The number of hydrogen-bond acceptors (Lipinski definition) is 7. The summed E-state index contributed by atoms with van der Waals surface area (Å²) in [6, 6.07) is 15.0. The third-order valence-corrected chi connectivity index (χ3v) is 6.59. The second-order valence-electron chi connectivity index (χ2n) is 9.15. The summed E-state index contributed by atoms with van der Waals surface area (Å²) < 4.78 is 25.0.